The van der Waals surface area contributed by atoms with Crippen LogP contribution in [0.15, 0.2) is 60.7 Å². The molecule has 18 heavy (non-hydrogen) atoms. The van der Waals surface area contributed by atoms with Gasteiger partial charge in [0.05, 0.1) is 11.2 Å². The number of para-hydroxylation sites is 2. The van der Waals surface area contributed by atoms with E-state index in [4.69, 9.17) is 5.73 Å². The van der Waals surface area contributed by atoms with E-state index >= 15 is 0 Å². The minimum Gasteiger partial charge on any atom is -0.384 e. The van der Waals surface area contributed by atoms with Gasteiger partial charge in [0.15, 0.2) is 0 Å². The van der Waals surface area contributed by atoms with Gasteiger partial charge in [0, 0.05) is 11.1 Å². The number of nitrogens with one attached hydrogen (secondary N) is 1. The molecule has 0 aliphatic carbocycles. The van der Waals surface area contributed by atoms with Crippen LogP contribution in [0.3, 0.4) is 0 Å². The van der Waals surface area contributed by atoms with Gasteiger partial charge in [-0.1, -0.05) is 30.3 Å². The topological polar surface area (TPSA) is 50.9 Å². The fraction of sp³-hybridized carbons (Fsp3) is 0. The molecule has 0 fully saturated rings. The van der Waals surface area contributed by atoms with Crippen molar-refractivity contribution >= 4 is 28.1 Å². The molecule has 2 aromatic carbocycles. The van der Waals surface area contributed by atoms with Crippen LogP contribution in [-0.2, 0) is 0 Å². The molecule has 3 N–H and O–H groups in total. The lowest BCUT2D eigenvalue weighted by atomic mass is 10.2. The lowest BCUT2D eigenvalue weighted by molar-refractivity contribution is 1.41. The number of benzene rings is 2. The van der Waals surface area contributed by atoms with E-state index in [2.05, 4.69) is 10.3 Å². The minimum atomic E-state index is 0.532. The Hall–Kier alpha value is -2.55. The van der Waals surface area contributed by atoms with Gasteiger partial charge < -0.3 is 11.1 Å². The van der Waals surface area contributed by atoms with E-state index in [1.807, 2.05) is 60.7 Å². The molecule has 88 valence electrons. The Morgan fingerprint density at radius 1 is 0.833 bits per heavy atom. The first-order chi connectivity index (χ1) is 8.83. The summed E-state index contributed by atoms with van der Waals surface area (Å²) in [5, 5.41) is 4.43. The molecule has 0 unspecified atom stereocenters. The van der Waals surface area contributed by atoms with Crippen molar-refractivity contribution in [3.05, 3.63) is 60.7 Å². The number of nitrogens with zero attached hydrogens (tertiary/aromatic N) is 1. The van der Waals surface area contributed by atoms with E-state index in [1.54, 1.807) is 0 Å². The number of fused-ring (bicyclic) bond motifs is 1. The van der Waals surface area contributed by atoms with E-state index < -0.39 is 0 Å². The van der Waals surface area contributed by atoms with Gasteiger partial charge in [0.1, 0.15) is 5.82 Å². The van der Waals surface area contributed by atoms with Gasteiger partial charge in [-0.2, -0.15) is 0 Å². The van der Waals surface area contributed by atoms with Crippen molar-refractivity contribution in [1.29, 1.82) is 0 Å². The van der Waals surface area contributed by atoms with Crippen LogP contribution in [0.4, 0.5) is 17.2 Å². The first kappa shape index (κ1) is 10.6. The Morgan fingerprint density at radius 2 is 1.67 bits per heavy atom. The van der Waals surface area contributed by atoms with Crippen molar-refractivity contribution in [3.8, 4) is 0 Å². The number of nitrogen functional groups attached to an aromatic ring is 1. The lowest BCUT2D eigenvalue weighted by Gasteiger charge is -2.09. The molecular weight excluding hydrogens is 222 g/mol. The smallest absolute Gasteiger partial charge is 0.124 e. The van der Waals surface area contributed by atoms with Crippen LogP contribution in [0, 0.1) is 0 Å². The van der Waals surface area contributed by atoms with Crippen LogP contribution in [0.25, 0.3) is 10.9 Å². The van der Waals surface area contributed by atoms with Gasteiger partial charge in [0.25, 0.3) is 0 Å². The molecule has 1 heterocycles. The third-order valence-electron chi connectivity index (χ3n) is 2.79. The molecule has 3 nitrogen and oxygen atoms in total. The van der Waals surface area contributed by atoms with E-state index in [-0.39, 0.29) is 0 Å². The van der Waals surface area contributed by atoms with Gasteiger partial charge in [-0.3, -0.25) is 0 Å². The Balaban J connectivity index is 2.09. The summed E-state index contributed by atoms with van der Waals surface area (Å²) in [6.45, 7) is 0. The monoisotopic (exact) mass is 235 g/mol. The third-order valence-corrected chi connectivity index (χ3v) is 2.79. The van der Waals surface area contributed by atoms with Crippen LogP contribution in [0.2, 0.25) is 0 Å². The van der Waals surface area contributed by atoms with Gasteiger partial charge in [-0.15, -0.1) is 0 Å². The predicted molar refractivity (Wildman–Crippen MR) is 75.9 cm³/mol. The maximum absolute atomic E-state index is 5.75. The van der Waals surface area contributed by atoms with Crippen molar-refractivity contribution in [2.45, 2.75) is 0 Å². The number of nitrogens with two attached hydrogens (primary N) is 1. The standard InChI is InChI=1S/C15H13N3/c16-14-10-9-11-5-4-8-13(15(11)18-14)17-12-6-2-1-3-7-12/h1-10,17H,(H2,16,18). The highest BCUT2D eigenvalue weighted by atomic mass is 14.9. The third kappa shape index (κ3) is 1.98. The number of rotatable bonds is 2. The Morgan fingerprint density at radius 3 is 2.50 bits per heavy atom. The average Bonchev–Trinajstić information content (AvgIpc) is 2.41. The van der Waals surface area contributed by atoms with Gasteiger partial charge >= 0.3 is 0 Å². The molecule has 0 atom stereocenters. The van der Waals surface area contributed by atoms with E-state index in [0.29, 0.717) is 5.82 Å². The zero-order valence-corrected chi connectivity index (χ0v) is 9.80. The van der Waals surface area contributed by atoms with Crippen molar-refractivity contribution in [1.82, 2.24) is 4.98 Å². The van der Waals surface area contributed by atoms with E-state index in [9.17, 15) is 0 Å². The highest BCUT2D eigenvalue weighted by Gasteiger charge is 2.02. The highest BCUT2D eigenvalue weighted by molar-refractivity contribution is 5.92. The van der Waals surface area contributed by atoms with Crippen molar-refractivity contribution in [2.75, 3.05) is 11.1 Å². The minimum absolute atomic E-state index is 0.532. The zero-order valence-electron chi connectivity index (χ0n) is 9.80. The number of anilines is 3. The maximum Gasteiger partial charge on any atom is 0.124 e. The molecule has 1 aromatic heterocycles. The Bertz CT molecular complexity index is 678. The van der Waals surface area contributed by atoms with Crippen LogP contribution < -0.4 is 11.1 Å². The van der Waals surface area contributed by atoms with Crippen molar-refractivity contribution < 1.29 is 0 Å². The molecule has 3 aromatic rings. The Kier molecular flexibility index (Phi) is 2.57. The van der Waals surface area contributed by atoms with Crippen molar-refractivity contribution in [2.24, 2.45) is 0 Å². The van der Waals surface area contributed by atoms with Gasteiger partial charge in [-0.05, 0) is 30.3 Å². The average molecular weight is 235 g/mol. The van der Waals surface area contributed by atoms with E-state index in [0.717, 1.165) is 22.3 Å². The quantitative estimate of drug-likeness (QED) is 0.714. The van der Waals surface area contributed by atoms with Crippen LogP contribution in [-0.4, -0.2) is 4.98 Å². The molecule has 0 bridgehead atoms. The van der Waals surface area contributed by atoms with E-state index in [1.165, 1.54) is 0 Å². The second-order valence-electron chi connectivity index (χ2n) is 4.10. The summed E-state index contributed by atoms with van der Waals surface area (Å²) < 4.78 is 0. The molecular formula is C15H13N3. The second-order valence-corrected chi connectivity index (χ2v) is 4.10. The fourth-order valence-corrected chi connectivity index (χ4v) is 1.94. The van der Waals surface area contributed by atoms with Crippen molar-refractivity contribution in [3.63, 3.8) is 0 Å². The number of pyridine rings is 1. The Labute approximate surface area is 105 Å². The molecule has 3 rings (SSSR count). The summed E-state index contributed by atoms with van der Waals surface area (Å²) >= 11 is 0. The fourth-order valence-electron chi connectivity index (χ4n) is 1.94. The summed E-state index contributed by atoms with van der Waals surface area (Å²) in [4.78, 5) is 4.39. The molecule has 0 aliphatic rings. The predicted octanol–water partition coefficient (Wildman–Crippen LogP) is 3.56. The molecule has 0 amide bonds. The summed E-state index contributed by atoms with van der Waals surface area (Å²) in [5.74, 6) is 0.532. The summed E-state index contributed by atoms with van der Waals surface area (Å²) in [6.07, 6.45) is 0. The van der Waals surface area contributed by atoms with Gasteiger partial charge in [0.2, 0.25) is 0 Å². The molecule has 3 heteroatoms. The largest absolute Gasteiger partial charge is 0.384 e. The first-order valence-electron chi connectivity index (χ1n) is 5.80. The van der Waals surface area contributed by atoms with Crippen LogP contribution in [0.1, 0.15) is 0 Å². The first-order valence-corrected chi connectivity index (χ1v) is 5.80. The maximum atomic E-state index is 5.75. The molecule has 0 radical (unpaired) electrons. The number of aromatic nitrogens is 1. The zero-order chi connectivity index (χ0) is 12.4. The summed E-state index contributed by atoms with van der Waals surface area (Å²) in [5.41, 5.74) is 8.64. The van der Waals surface area contributed by atoms with Gasteiger partial charge in [-0.25, -0.2) is 4.98 Å². The SMILES string of the molecule is Nc1ccc2cccc(Nc3ccccc3)c2n1. The normalized spacial score (nSPS) is 10.4. The number of hydrogen-bond donors (Lipinski definition) is 2. The highest BCUT2D eigenvalue weighted by Crippen LogP contribution is 2.25. The lowest BCUT2D eigenvalue weighted by Crippen LogP contribution is -1.95. The number of hydrogen-bond acceptors (Lipinski definition) is 3. The summed E-state index contributed by atoms with van der Waals surface area (Å²) in [7, 11) is 0. The van der Waals surface area contributed by atoms with Crippen LogP contribution >= 0.6 is 0 Å². The molecule has 0 aliphatic heterocycles. The molecule has 0 spiro atoms. The molecule has 0 saturated heterocycles. The molecule has 0 saturated carbocycles. The second kappa shape index (κ2) is 4.37. The summed E-state index contributed by atoms with van der Waals surface area (Å²) in [6, 6.07) is 19.8. The van der Waals surface area contributed by atoms with Crippen LogP contribution in [0.5, 0.6) is 0 Å².